The van der Waals surface area contributed by atoms with Crippen LogP contribution in [0.15, 0.2) is 10.9 Å². The first kappa shape index (κ1) is 9.64. The molecule has 0 aliphatic carbocycles. The third kappa shape index (κ3) is 1.83. The van der Waals surface area contributed by atoms with E-state index in [1.165, 1.54) is 4.68 Å². The van der Waals surface area contributed by atoms with Gasteiger partial charge < -0.3 is 4.79 Å². The van der Waals surface area contributed by atoms with Crippen molar-refractivity contribution < 1.29 is 4.79 Å². The van der Waals surface area contributed by atoms with E-state index in [1.807, 2.05) is 0 Å². The van der Waals surface area contributed by atoms with E-state index in [1.54, 1.807) is 27.0 Å². The molecular weight excluding hydrogens is 168 g/mol. The molecule has 1 rings (SSSR count). The number of hydrogen-bond acceptors (Lipinski definition) is 3. The Balaban J connectivity index is 3.36. The Morgan fingerprint density at radius 2 is 2.23 bits per heavy atom. The van der Waals surface area contributed by atoms with E-state index in [2.05, 4.69) is 5.10 Å². The Labute approximate surface area is 76.2 Å². The molecule has 70 valence electrons. The zero-order chi connectivity index (χ0) is 10.0. The average molecular weight is 180 g/mol. The minimum Gasteiger partial charge on any atom is -0.303 e. The Morgan fingerprint density at radius 3 is 2.77 bits per heavy atom. The molecule has 1 heterocycles. The summed E-state index contributed by atoms with van der Waals surface area (Å²) in [5.74, 6) is -0.361. The summed E-state index contributed by atoms with van der Waals surface area (Å²) in [6.07, 6.45) is 0.760. The van der Waals surface area contributed by atoms with E-state index < -0.39 is 0 Å². The van der Waals surface area contributed by atoms with Crippen LogP contribution in [0.3, 0.4) is 0 Å². The highest BCUT2D eigenvalue weighted by Gasteiger charge is 2.10. The highest BCUT2D eigenvalue weighted by Crippen LogP contribution is 2.07. The lowest BCUT2D eigenvalue weighted by Crippen LogP contribution is -2.25. The molecule has 0 N–H and O–H groups in total. The molecule has 0 fully saturated rings. The molecular formula is C9H12N2O2. The number of hydrogen-bond donors (Lipinski definition) is 0. The number of nitrogens with zero attached hydrogens (tertiary/aromatic N) is 2. The molecule has 0 spiro atoms. The van der Waals surface area contributed by atoms with Crippen molar-refractivity contribution in [2.45, 2.75) is 19.8 Å². The second-order valence-corrected chi connectivity index (χ2v) is 3.09. The highest BCUT2D eigenvalue weighted by atomic mass is 16.1. The fraction of sp³-hybridized carbons (Fsp3) is 0.444. The van der Waals surface area contributed by atoms with Crippen molar-refractivity contribution in [3.8, 4) is 0 Å². The van der Waals surface area contributed by atoms with E-state index >= 15 is 0 Å². The molecule has 4 heteroatoms. The number of aldehydes is 1. The van der Waals surface area contributed by atoms with E-state index in [4.69, 9.17) is 0 Å². The fourth-order valence-electron chi connectivity index (χ4n) is 1.18. The summed E-state index contributed by atoms with van der Waals surface area (Å²) in [5.41, 5.74) is 1.04. The van der Waals surface area contributed by atoms with Gasteiger partial charge in [0.2, 0.25) is 0 Å². The molecule has 0 aromatic carbocycles. The third-order valence-electron chi connectivity index (χ3n) is 1.91. The zero-order valence-electron chi connectivity index (χ0n) is 7.94. The summed E-state index contributed by atoms with van der Waals surface area (Å²) in [6, 6.07) is 1.65. The summed E-state index contributed by atoms with van der Waals surface area (Å²) in [7, 11) is 1.58. The van der Waals surface area contributed by atoms with Gasteiger partial charge in [0.25, 0.3) is 5.56 Å². The van der Waals surface area contributed by atoms with Crippen LogP contribution in [0.5, 0.6) is 0 Å². The highest BCUT2D eigenvalue weighted by molar-refractivity contribution is 5.60. The SMILES string of the molecule is Cc1cc(C(C)C=O)c(=O)n(C)n1. The van der Waals surface area contributed by atoms with Gasteiger partial charge in [0.1, 0.15) is 6.29 Å². The van der Waals surface area contributed by atoms with Gasteiger partial charge in [-0.15, -0.1) is 0 Å². The fourth-order valence-corrected chi connectivity index (χ4v) is 1.18. The van der Waals surface area contributed by atoms with Crippen molar-refractivity contribution >= 4 is 6.29 Å². The molecule has 0 aliphatic rings. The Bertz CT molecular complexity index is 382. The first-order valence-corrected chi connectivity index (χ1v) is 4.06. The van der Waals surface area contributed by atoms with Crippen LogP contribution >= 0.6 is 0 Å². The standard InChI is InChI=1S/C9H12N2O2/c1-6(5-12)8-4-7(2)10-11(3)9(8)13/h4-6H,1-3H3. The molecule has 4 nitrogen and oxygen atoms in total. The average Bonchev–Trinajstić information content (AvgIpc) is 2.10. The van der Waals surface area contributed by atoms with Crippen molar-refractivity contribution in [1.29, 1.82) is 0 Å². The molecule has 0 bridgehead atoms. The second kappa shape index (κ2) is 3.51. The lowest BCUT2D eigenvalue weighted by molar-refractivity contribution is -0.108. The minimum absolute atomic E-state index is 0.204. The smallest absolute Gasteiger partial charge is 0.270 e. The van der Waals surface area contributed by atoms with Gasteiger partial charge in [0.15, 0.2) is 0 Å². The van der Waals surface area contributed by atoms with E-state index in [-0.39, 0.29) is 11.5 Å². The van der Waals surface area contributed by atoms with Crippen molar-refractivity contribution in [1.82, 2.24) is 9.78 Å². The Morgan fingerprint density at radius 1 is 1.62 bits per heavy atom. The Hall–Kier alpha value is -1.45. The topological polar surface area (TPSA) is 52.0 Å². The maximum absolute atomic E-state index is 11.5. The predicted octanol–water partition coefficient (Wildman–Crippen LogP) is 0.391. The van der Waals surface area contributed by atoms with Gasteiger partial charge in [0.05, 0.1) is 5.69 Å². The normalized spacial score (nSPS) is 12.5. The molecule has 1 aromatic rings. The van der Waals surface area contributed by atoms with Gasteiger partial charge in [0, 0.05) is 18.5 Å². The maximum atomic E-state index is 11.5. The van der Waals surface area contributed by atoms with Crippen molar-refractivity contribution in [2.75, 3.05) is 0 Å². The van der Waals surface area contributed by atoms with Crippen molar-refractivity contribution in [3.63, 3.8) is 0 Å². The summed E-state index contributed by atoms with van der Waals surface area (Å²) >= 11 is 0. The second-order valence-electron chi connectivity index (χ2n) is 3.09. The quantitative estimate of drug-likeness (QED) is 0.619. The Kier molecular flexibility index (Phi) is 2.60. The maximum Gasteiger partial charge on any atom is 0.270 e. The van der Waals surface area contributed by atoms with Crippen molar-refractivity contribution in [3.05, 3.63) is 27.7 Å². The first-order valence-electron chi connectivity index (χ1n) is 4.06. The van der Waals surface area contributed by atoms with Crippen LogP contribution in [0.1, 0.15) is 24.1 Å². The van der Waals surface area contributed by atoms with Gasteiger partial charge in [-0.2, -0.15) is 5.10 Å². The molecule has 1 unspecified atom stereocenters. The zero-order valence-corrected chi connectivity index (χ0v) is 7.94. The van der Waals surface area contributed by atoms with Gasteiger partial charge in [-0.1, -0.05) is 6.92 Å². The van der Waals surface area contributed by atoms with Gasteiger partial charge in [-0.25, -0.2) is 4.68 Å². The third-order valence-corrected chi connectivity index (χ3v) is 1.91. The van der Waals surface area contributed by atoms with Crippen LogP contribution in [0.2, 0.25) is 0 Å². The number of carbonyl (C=O) groups is 1. The molecule has 0 saturated carbocycles. The van der Waals surface area contributed by atoms with Crippen LogP contribution in [0.25, 0.3) is 0 Å². The number of rotatable bonds is 2. The van der Waals surface area contributed by atoms with E-state index in [0.717, 1.165) is 12.0 Å². The van der Waals surface area contributed by atoms with Crippen molar-refractivity contribution in [2.24, 2.45) is 7.05 Å². The van der Waals surface area contributed by atoms with E-state index in [0.29, 0.717) is 5.56 Å². The molecule has 1 aromatic heterocycles. The summed E-state index contributed by atoms with van der Waals surface area (Å²) in [6.45, 7) is 3.49. The van der Waals surface area contributed by atoms with Crippen LogP contribution in [0.4, 0.5) is 0 Å². The largest absolute Gasteiger partial charge is 0.303 e. The summed E-state index contributed by atoms with van der Waals surface area (Å²) < 4.78 is 1.25. The lowest BCUT2D eigenvalue weighted by atomic mass is 10.0. The first-order chi connectivity index (χ1) is 6.06. The number of aryl methyl sites for hydroxylation is 2. The molecule has 0 amide bonds. The van der Waals surface area contributed by atoms with Crippen LogP contribution in [0, 0.1) is 6.92 Å². The van der Waals surface area contributed by atoms with Gasteiger partial charge in [-0.05, 0) is 13.0 Å². The van der Waals surface area contributed by atoms with Crippen LogP contribution < -0.4 is 5.56 Å². The predicted molar refractivity (Wildman–Crippen MR) is 48.7 cm³/mol. The molecule has 13 heavy (non-hydrogen) atoms. The van der Waals surface area contributed by atoms with Gasteiger partial charge in [-0.3, -0.25) is 4.79 Å². The molecule has 1 atom stereocenters. The molecule has 0 radical (unpaired) electrons. The number of aromatic nitrogens is 2. The van der Waals surface area contributed by atoms with E-state index in [9.17, 15) is 9.59 Å². The molecule has 0 aliphatic heterocycles. The molecule has 0 saturated heterocycles. The van der Waals surface area contributed by atoms with Gasteiger partial charge >= 0.3 is 0 Å². The summed E-state index contributed by atoms with van der Waals surface area (Å²) in [5, 5.41) is 3.94. The number of carbonyl (C=O) groups excluding carboxylic acids is 1. The lowest BCUT2D eigenvalue weighted by Gasteiger charge is -2.05. The summed E-state index contributed by atoms with van der Waals surface area (Å²) in [4.78, 5) is 22.0. The van der Waals surface area contributed by atoms with Crippen LogP contribution in [-0.4, -0.2) is 16.1 Å². The minimum atomic E-state index is -0.361. The monoisotopic (exact) mass is 180 g/mol. The van der Waals surface area contributed by atoms with Crippen LogP contribution in [-0.2, 0) is 11.8 Å².